The van der Waals surface area contributed by atoms with E-state index in [-0.39, 0.29) is 24.6 Å². The smallest absolute Gasteiger partial charge is 0.416 e. The molecule has 3 atom stereocenters. The maximum atomic E-state index is 13.4. The van der Waals surface area contributed by atoms with E-state index in [9.17, 15) is 18.3 Å². The lowest BCUT2D eigenvalue weighted by Gasteiger charge is -2.33. The standard InChI is InChI=1S/C21H25F3N2O4/c1-12-20(13(2)30-25-12)14-5-15(21(22,23)24)7-19(6-14)28-11-16(27)8-26-9-17-3-4-18(10-26)29-17/h5-7,16-18,27H,3-4,8-11H2,1-2H3/t16?,17-,18+. The summed E-state index contributed by atoms with van der Waals surface area (Å²) in [6, 6.07) is 3.52. The Kier molecular flexibility index (Phi) is 5.78. The molecule has 1 aromatic heterocycles. The summed E-state index contributed by atoms with van der Waals surface area (Å²) in [5, 5.41) is 14.2. The van der Waals surface area contributed by atoms with Crippen LogP contribution in [0.2, 0.25) is 0 Å². The van der Waals surface area contributed by atoms with Gasteiger partial charge in [-0.25, -0.2) is 0 Å². The number of aliphatic hydroxyl groups is 1. The van der Waals surface area contributed by atoms with E-state index in [0.717, 1.165) is 38.1 Å². The first kappa shape index (κ1) is 21.1. The van der Waals surface area contributed by atoms with Gasteiger partial charge in [0, 0.05) is 25.2 Å². The Hall–Kier alpha value is -2.10. The highest BCUT2D eigenvalue weighted by Gasteiger charge is 2.34. The van der Waals surface area contributed by atoms with Gasteiger partial charge in [0.15, 0.2) is 0 Å². The highest BCUT2D eigenvalue weighted by molar-refractivity contribution is 5.70. The van der Waals surface area contributed by atoms with Crippen LogP contribution in [0.3, 0.4) is 0 Å². The molecule has 3 heterocycles. The van der Waals surface area contributed by atoms with Crippen LogP contribution in [0.5, 0.6) is 5.75 Å². The lowest BCUT2D eigenvalue weighted by atomic mass is 10.0. The van der Waals surface area contributed by atoms with Crippen LogP contribution in [-0.2, 0) is 10.9 Å². The summed E-state index contributed by atoms with van der Waals surface area (Å²) in [5.41, 5.74) is 0.500. The van der Waals surface area contributed by atoms with Crippen molar-refractivity contribution in [1.82, 2.24) is 10.1 Å². The van der Waals surface area contributed by atoms with E-state index in [1.165, 1.54) is 6.07 Å². The molecule has 6 nitrogen and oxygen atoms in total. The first-order valence-electron chi connectivity index (χ1n) is 10.0. The van der Waals surface area contributed by atoms with E-state index in [4.69, 9.17) is 14.0 Å². The molecule has 2 fully saturated rings. The minimum Gasteiger partial charge on any atom is -0.491 e. The zero-order chi connectivity index (χ0) is 21.5. The van der Waals surface area contributed by atoms with Crippen molar-refractivity contribution in [3.8, 4) is 16.9 Å². The van der Waals surface area contributed by atoms with Crippen LogP contribution < -0.4 is 4.74 Å². The van der Waals surface area contributed by atoms with Crippen molar-refractivity contribution in [3.63, 3.8) is 0 Å². The number of aliphatic hydroxyl groups excluding tert-OH is 1. The Bertz CT molecular complexity index is 867. The fourth-order valence-electron chi connectivity index (χ4n) is 4.28. The van der Waals surface area contributed by atoms with Gasteiger partial charge in [0.1, 0.15) is 24.2 Å². The highest BCUT2D eigenvalue weighted by Crippen LogP contribution is 2.37. The Morgan fingerprint density at radius 3 is 2.50 bits per heavy atom. The number of morpholine rings is 1. The van der Waals surface area contributed by atoms with Gasteiger partial charge in [0.05, 0.1) is 23.5 Å². The zero-order valence-electron chi connectivity index (χ0n) is 16.9. The largest absolute Gasteiger partial charge is 0.491 e. The average molecular weight is 426 g/mol. The van der Waals surface area contributed by atoms with Gasteiger partial charge in [0.2, 0.25) is 0 Å². The minimum atomic E-state index is -4.53. The van der Waals surface area contributed by atoms with Crippen LogP contribution in [0.1, 0.15) is 29.9 Å². The number of hydrogen-bond donors (Lipinski definition) is 1. The molecule has 1 N–H and O–H groups in total. The quantitative estimate of drug-likeness (QED) is 0.762. The first-order valence-corrected chi connectivity index (χ1v) is 10.0. The van der Waals surface area contributed by atoms with E-state index in [1.807, 2.05) is 0 Å². The molecule has 1 unspecified atom stereocenters. The molecule has 2 aromatic rings. The van der Waals surface area contributed by atoms with Crippen LogP contribution in [0.15, 0.2) is 22.7 Å². The second-order valence-electron chi connectivity index (χ2n) is 8.08. The number of hydrogen-bond acceptors (Lipinski definition) is 6. The second-order valence-corrected chi connectivity index (χ2v) is 8.08. The number of aryl methyl sites for hydroxylation is 2. The van der Waals surface area contributed by atoms with Crippen LogP contribution in [0.25, 0.3) is 11.1 Å². The van der Waals surface area contributed by atoms with E-state index in [1.54, 1.807) is 13.8 Å². The summed E-state index contributed by atoms with van der Waals surface area (Å²) in [5.74, 6) is 0.473. The molecule has 0 radical (unpaired) electrons. The topological polar surface area (TPSA) is 68.0 Å². The zero-order valence-corrected chi connectivity index (χ0v) is 16.9. The molecule has 2 bridgehead atoms. The summed E-state index contributed by atoms with van der Waals surface area (Å²) in [6.45, 7) is 5.13. The molecule has 0 spiro atoms. The van der Waals surface area contributed by atoms with E-state index >= 15 is 0 Å². The number of likely N-dealkylation sites (tertiary alicyclic amines) is 1. The number of β-amino-alcohol motifs (C(OH)–C–C–N with tert-alkyl or cyclic N) is 1. The number of halogens is 3. The molecule has 0 aliphatic carbocycles. The SMILES string of the molecule is Cc1noc(C)c1-c1cc(OCC(O)CN2C[C@H]3CC[C@@H](C2)O3)cc(C(F)(F)F)c1. The lowest BCUT2D eigenvalue weighted by molar-refractivity contribution is -0.137. The second kappa shape index (κ2) is 8.20. The van der Waals surface area contributed by atoms with Gasteiger partial charge in [-0.3, -0.25) is 4.90 Å². The third-order valence-electron chi connectivity index (χ3n) is 5.59. The van der Waals surface area contributed by atoms with Gasteiger partial charge in [-0.05, 0) is 50.5 Å². The average Bonchev–Trinajstić information content (AvgIpc) is 3.19. The van der Waals surface area contributed by atoms with Crippen molar-refractivity contribution in [3.05, 3.63) is 35.2 Å². The van der Waals surface area contributed by atoms with Gasteiger partial charge in [-0.15, -0.1) is 0 Å². The Morgan fingerprint density at radius 1 is 1.20 bits per heavy atom. The third kappa shape index (κ3) is 4.63. The number of aromatic nitrogens is 1. The Morgan fingerprint density at radius 2 is 1.90 bits per heavy atom. The maximum absolute atomic E-state index is 13.4. The number of nitrogens with zero attached hydrogens (tertiary/aromatic N) is 2. The third-order valence-corrected chi connectivity index (χ3v) is 5.59. The Balaban J connectivity index is 1.47. The monoisotopic (exact) mass is 426 g/mol. The molecule has 164 valence electrons. The number of fused-ring (bicyclic) bond motifs is 2. The molecule has 4 rings (SSSR count). The van der Waals surface area contributed by atoms with Crippen molar-refractivity contribution in [1.29, 1.82) is 0 Å². The van der Waals surface area contributed by atoms with Crippen LogP contribution in [-0.4, -0.2) is 59.7 Å². The molecule has 1 aromatic carbocycles. The van der Waals surface area contributed by atoms with Crippen molar-refractivity contribution < 1.29 is 32.3 Å². The molecule has 9 heteroatoms. The van der Waals surface area contributed by atoms with Crippen LogP contribution >= 0.6 is 0 Å². The molecule has 2 aliphatic rings. The fraction of sp³-hybridized carbons (Fsp3) is 0.571. The molecule has 30 heavy (non-hydrogen) atoms. The molecular weight excluding hydrogens is 401 g/mol. The first-order chi connectivity index (χ1) is 14.2. The molecule has 2 saturated heterocycles. The van der Waals surface area contributed by atoms with Crippen LogP contribution in [0, 0.1) is 13.8 Å². The van der Waals surface area contributed by atoms with Gasteiger partial charge in [-0.2, -0.15) is 13.2 Å². The maximum Gasteiger partial charge on any atom is 0.416 e. The van der Waals surface area contributed by atoms with Gasteiger partial charge in [-0.1, -0.05) is 5.16 Å². The number of benzene rings is 1. The predicted molar refractivity (Wildman–Crippen MR) is 102 cm³/mol. The van der Waals surface area contributed by atoms with Crippen LogP contribution in [0.4, 0.5) is 13.2 Å². The number of ether oxygens (including phenoxy) is 2. The van der Waals surface area contributed by atoms with Crippen molar-refractivity contribution in [2.45, 2.75) is 51.2 Å². The summed E-state index contributed by atoms with van der Waals surface area (Å²) in [4.78, 5) is 2.13. The summed E-state index contributed by atoms with van der Waals surface area (Å²) < 4.78 is 56.7. The van der Waals surface area contributed by atoms with Crippen molar-refractivity contribution in [2.24, 2.45) is 0 Å². The molecule has 0 amide bonds. The summed E-state index contributed by atoms with van der Waals surface area (Å²) in [6.07, 6.45) is -2.88. The van der Waals surface area contributed by atoms with Crippen molar-refractivity contribution >= 4 is 0 Å². The van der Waals surface area contributed by atoms with Gasteiger partial charge >= 0.3 is 6.18 Å². The molecule has 0 saturated carbocycles. The van der Waals surface area contributed by atoms with Gasteiger partial charge in [0.25, 0.3) is 0 Å². The predicted octanol–water partition coefficient (Wildman–Crippen LogP) is 3.58. The van der Waals surface area contributed by atoms with Crippen molar-refractivity contribution in [2.75, 3.05) is 26.2 Å². The lowest BCUT2D eigenvalue weighted by Crippen LogP contribution is -2.46. The molecule has 2 aliphatic heterocycles. The van der Waals surface area contributed by atoms with E-state index < -0.39 is 17.8 Å². The minimum absolute atomic E-state index is 0.0425. The van der Waals surface area contributed by atoms with E-state index in [2.05, 4.69) is 10.1 Å². The van der Waals surface area contributed by atoms with Gasteiger partial charge < -0.3 is 19.1 Å². The summed E-state index contributed by atoms with van der Waals surface area (Å²) >= 11 is 0. The van der Waals surface area contributed by atoms with E-state index in [0.29, 0.717) is 29.1 Å². The number of rotatable bonds is 6. The highest BCUT2D eigenvalue weighted by atomic mass is 19.4. The fourth-order valence-corrected chi connectivity index (χ4v) is 4.28. The summed E-state index contributed by atoms with van der Waals surface area (Å²) in [7, 11) is 0. The number of alkyl halides is 3. The molecular formula is C21H25F3N2O4. The normalized spacial score (nSPS) is 23.0. The Labute approximate surface area is 172 Å².